The van der Waals surface area contributed by atoms with E-state index in [1.54, 1.807) is 0 Å². The van der Waals surface area contributed by atoms with Crippen molar-refractivity contribution in [1.82, 2.24) is 4.90 Å². The molecule has 2 nitrogen and oxygen atoms in total. The summed E-state index contributed by atoms with van der Waals surface area (Å²) in [5.41, 5.74) is 0. The van der Waals surface area contributed by atoms with Crippen molar-refractivity contribution < 1.29 is 4.74 Å². The van der Waals surface area contributed by atoms with Gasteiger partial charge in [-0.1, -0.05) is 22.5 Å². The fraction of sp³-hybridized carbons (Fsp3) is 0.800. The topological polar surface area (TPSA) is 12.5 Å². The number of hydrogen-bond acceptors (Lipinski definition) is 2. The third-order valence-corrected chi connectivity index (χ3v) is 2.51. The molecule has 0 saturated carbocycles. The van der Waals surface area contributed by atoms with E-state index in [-0.39, 0.29) is 0 Å². The lowest BCUT2D eigenvalue weighted by atomic mass is 10.1. The zero-order chi connectivity index (χ0) is 9.68. The van der Waals surface area contributed by atoms with Crippen LogP contribution in [-0.2, 0) is 4.74 Å². The van der Waals surface area contributed by atoms with Crippen molar-refractivity contribution in [2.75, 3.05) is 26.2 Å². The zero-order valence-corrected chi connectivity index (χ0v) is 9.85. The van der Waals surface area contributed by atoms with E-state index in [0.717, 1.165) is 24.2 Å². The number of ether oxygens (including phenoxy) is 1. The van der Waals surface area contributed by atoms with Crippen molar-refractivity contribution in [1.29, 1.82) is 0 Å². The van der Waals surface area contributed by atoms with Crippen LogP contribution in [0.3, 0.4) is 0 Å². The zero-order valence-electron chi connectivity index (χ0n) is 8.26. The molecule has 1 saturated heterocycles. The highest BCUT2D eigenvalue weighted by atomic mass is 79.9. The van der Waals surface area contributed by atoms with Crippen molar-refractivity contribution in [3.63, 3.8) is 0 Å². The van der Waals surface area contributed by atoms with Crippen LogP contribution in [0.2, 0.25) is 0 Å². The number of piperidine rings is 1. The maximum Gasteiger partial charge on any atom is 0.0702 e. The molecule has 0 bridgehead atoms. The van der Waals surface area contributed by atoms with Gasteiger partial charge in [-0.3, -0.25) is 4.90 Å². The first kappa shape index (κ1) is 11.2. The summed E-state index contributed by atoms with van der Waals surface area (Å²) >= 11 is 3.39. The Hall–Kier alpha value is 0.140. The van der Waals surface area contributed by atoms with Gasteiger partial charge in [-0.05, 0) is 26.3 Å². The first-order chi connectivity index (χ1) is 6.22. The van der Waals surface area contributed by atoms with Gasteiger partial charge in [-0.15, -0.1) is 0 Å². The maximum absolute atomic E-state index is 5.61. The molecule has 1 rings (SSSR count). The second-order valence-electron chi connectivity index (χ2n) is 3.47. The lowest BCUT2D eigenvalue weighted by molar-refractivity contribution is 0.00912. The first-order valence-electron chi connectivity index (χ1n) is 4.89. The Morgan fingerprint density at radius 2 is 2.46 bits per heavy atom. The molecule has 13 heavy (non-hydrogen) atoms. The molecule has 0 aliphatic carbocycles. The molecule has 0 aromatic carbocycles. The highest BCUT2D eigenvalue weighted by molar-refractivity contribution is 9.11. The van der Waals surface area contributed by atoms with Gasteiger partial charge < -0.3 is 4.74 Å². The lowest BCUT2D eigenvalue weighted by Gasteiger charge is -2.32. The largest absolute Gasteiger partial charge is 0.377 e. The van der Waals surface area contributed by atoms with Gasteiger partial charge in [-0.2, -0.15) is 0 Å². The number of likely N-dealkylation sites (tertiary alicyclic amines) is 1. The summed E-state index contributed by atoms with van der Waals surface area (Å²) in [6.45, 7) is 9.92. The normalized spacial score (nSPS) is 24.6. The molecule has 76 valence electrons. The highest BCUT2D eigenvalue weighted by Gasteiger charge is 2.19. The van der Waals surface area contributed by atoms with Crippen LogP contribution >= 0.6 is 15.9 Å². The van der Waals surface area contributed by atoms with Crippen LogP contribution in [0.1, 0.15) is 19.8 Å². The summed E-state index contributed by atoms with van der Waals surface area (Å²) in [6, 6.07) is 0. The van der Waals surface area contributed by atoms with E-state index in [2.05, 4.69) is 34.3 Å². The average Bonchev–Trinajstić information content (AvgIpc) is 2.04. The van der Waals surface area contributed by atoms with Gasteiger partial charge in [0.25, 0.3) is 0 Å². The summed E-state index contributed by atoms with van der Waals surface area (Å²) in [5, 5.41) is 0. The maximum atomic E-state index is 5.61. The molecule has 1 heterocycles. The minimum Gasteiger partial charge on any atom is -0.377 e. The molecule has 0 aromatic heterocycles. The highest BCUT2D eigenvalue weighted by Crippen LogP contribution is 2.15. The van der Waals surface area contributed by atoms with Gasteiger partial charge in [0, 0.05) is 24.2 Å². The molecule has 0 aromatic rings. The second-order valence-corrected chi connectivity index (χ2v) is 4.59. The molecule has 1 atom stereocenters. The van der Waals surface area contributed by atoms with E-state index >= 15 is 0 Å². The Kier molecular flexibility index (Phi) is 4.99. The van der Waals surface area contributed by atoms with Gasteiger partial charge in [0.05, 0.1) is 6.10 Å². The summed E-state index contributed by atoms with van der Waals surface area (Å²) in [5.74, 6) is 0. The van der Waals surface area contributed by atoms with Gasteiger partial charge in [0.1, 0.15) is 0 Å². The Bertz CT molecular complexity index is 170. The second kappa shape index (κ2) is 5.78. The first-order valence-corrected chi connectivity index (χ1v) is 5.69. The van der Waals surface area contributed by atoms with E-state index in [1.807, 2.05) is 0 Å². The predicted octanol–water partition coefficient (Wildman–Crippen LogP) is 2.40. The minimum absolute atomic E-state index is 0.436. The molecule has 0 unspecified atom stereocenters. The van der Waals surface area contributed by atoms with E-state index in [0.29, 0.717) is 6.10 Å². The number of hydrogen-bond donors (Lipinski definition) is 0. The van der Waals surface area contributed by atoms with Crippen LogP contribution in [0, 0.1) is 0 Å². The monoisotopic (exact) mass is 247 g/mol. The van der Waals surface area contributed by atoms with E-state index in [9.17, 15) is 0 Å². The predicted molar refractivity (Wildman–Crippen MR) is 59.2 cm³/mol. The van der Waals surface area contributed by atoms with Crippen molar-refractivity contribution in [3.8, 4) is 0 Å². The SMILES string of the molecule is C=C(Br)CN1CCC[C@@H](OCC)C1. The molecular formula is C10H18BrNO. The van der Waals surface area contributed by atoms with Crippen LogP contribution in [0.4, 0.5) is 0 Å². The third-order valence-electron chi connectivity index (χ3n) is 2.26. The Morgan fingerprint density at radius 3 is 3.08 bits per heavy atom. The van der Waals surface area contributed by atoms with Crippen molar-refractivity contribution >= 4 is 15.9 Å². The van der Waals surface area contributed by atoms with Gasteiger partial charge in [0.2, 0.25) is 0 Å². The Labute approximate surface area is 89.1 Å². The number of halogens is 1. The smallest absolute Gasteiger partial charge is 0.0702 e. The van der Waals surface area contributed by atoms with Crippen molar-refractivity contribution in [2.24, 2.45) is 0 Å². The Balaban J connectivity index is 2.28. The number of nitrogens with zero attached hydrogens (tertiary/aromatic N) is 1. The summed E-state index contributed by atoms with van der Waals surface area (Å²) in [4.78, 5) is 2.39. The van der Waals surface area contributed by atoms with Crippen LogP contribution in [0.25, 0.3) is 0 Å². The van der Waals surface area contributed by atoms with E-state index in [4.69, 9.17) is 4.74 Å². The summed E-state index contributed by atoms with van der Waals surface area (Å²) in [7, 11) is 0. The quantitative estimate of drug-likeness (QED) is 0.757. The molecule has 0 amide bonds. The van der Waals surface area contributed by atoms with Gasteiger partial charge in [0.15, 0.2) is 0 Å². The standard InChI is InChI=1S/C10H18BrNO/c1-3-13-10-5-4-6-12(8-10)7-9(2)11/h10H,2-8H2,1H3/t10-/m1/s1. The molecule has 3 heteroatoms. The molecular weight excluding hydrogens is 230 g/mol. The molecule has 1 aliphatic heterocycles. The van der Waals surface area contributed by atoms with Crippen molar-refractivity contribution in [3.05, 3.63) is 11.1 Å². The molecule has 0 radical (unpaired) electrons. The minimum atomic E-state index is 0.436. The van der Waals surface area contributed by atoms with Gasteiger partial charge in [-0.25, -0.2) is 0 Å². The van der Waals surface area contributed by atoms with Crippen LogP contribution < -0.4 is 0 Å². The molecule has 1 aliphatic rings. The molecule has 0 spiro atoms. The fourth-order valence-corrected chi connectivity index (χ4v) is 2.13. The van der Waals surface area contributed by atoms with E-state index < -0.39 is 0 Å². The summed E-state index contributed by atoms with van der Waals surface area (Å²) in [6.07, 6.45) is 2.88. The molecule has 1 fully saturated rings. The number of rotatable bonds is 4. The van der Waals surface area contributed by atoms with E-state index in [1.165, 1.54) is 19.4 Å². The lowest BCUT2D eigenvalue weighted by Crippen LogP contribution is -2.40. The fourth-order valence-electron chi connectivity index (χ4n) is 1.77. The van der Waals surface area contributed by atoms with Gasteiger partial charge >= 0.3 is 0 Å². The van der Waals surface area contributed by atoms with Crippen molar-refractivity contribution in [2.45, 2.75) is 25.9 Å². The third kappa shape index (κ3) is 4.25. The summed E-state index contributed by atoms with van der Waals surface area (Å²) < 4.78 is 6.67. The average molecular weight is 248 g/mol. The van der Waals surface area contributed by atoms with Crippen LogP contribution in [-0.4, -0.2) is 37.2 Å². The Morgan fingerprint density at radius 1 is 1.69 bits per heavy atom. The molecule has 0 N–H and O–H groups in total. The van der Waals surface area contributed by atoms with Crippen LogP contribution in [0.15, 0.2) is 11.1 Å². The van der Waals surface area contributed by atoms with Crippen LogP contribution in [0.5, 0.6) is 0 Å².